The summed E-state index contributed by atoms with van der Waals surface area (Å²) in [5.41, 5.74) is 3.00. The van der Waals surface area contributed by atoms with Gasteiger partial charge in [0.1, 0.15) is 11.3 Å². The standard InChI is InChI=1S/C22H19N3O4/c1-3-29-22(28)17-20(26)23-19-16(14-11-9-13(2)10-12-14)18(24-25(19)21(17)27)15-7-5-4-6-8-15/h4-12,23,26H,3H2,1-2H3. The molecular formula is C22H19N3O4. The molecule has 29 heavy (non-hydrogen) atoms. The van der Waals surface area contributed by atoms with E-state index in [0.29, 0.717) is 16.9 Å². The molecular weight excluding hydrogens is 370 g/mol. The molecule has 0 saturated heterocycles. The van der Waals surface area contributed by atoms with Crippen molar-refractivity contribution in [3.05, 3.63) is 76.1 Å². The molecule has 0 unspecified atom stereocenters. The van der Waals surface area contributed by atoms with Crippen molar-refractivity contribution < 1.29 is 14.6 Å². The van der Waals surface area contributed by atoms with E-state index in [9.17, 15) is 14.7 Å². The van der Waals surface area contributed by atoms with Crippen LogP contribution in [0.5, 0.6) is 5.88 Å². The van der Waals surface area contributed by atoms with Crippen LogP contribution in [0.2, 0.25) is 0 Å². The van der Waals surface area contributed by atoms with Crippen molar-refractivity contribution in [2.75, 3.05) is 6.61 Å². The Morgan fingerprint density at radius 1 is 1.10 bits per heavy atom. The van der Waals surface area contributed by atoms with E-state index in [-0.39, 0.29) is 6.61 Å². The quantitative estimate of drug-likeness (QED) is 0.520. The number of H-pyrrole nitrogens is 1. The maximum atomic E-state index is 13.0. The summed E-state index contributed by atoms with van der Waals surface area (Å²) in [6, 6.07) is 17.2. The molecule has 4 rings (SSSR count). The van der Waals surface area contributed by atoms with Crippen LogP contribution in [0.25, 0.3) is 28.0 Å². The van der Waals surface area contributed by atoms with Gasteiger partial charge in [0.15, 0.2) is 5.56 Å². The molecule has 7 heteroatoms. The summed E-state index contributed by atoms with van der Waals surface area (Å²) in [5.74, 6) is -1.45. The number of aromatic nitrogens is 3. The fourth-order valence-corrected chi connectivity index (χ4v) is 3.24. The van der Waals surface area contributed by atoms with Crippen molar-refractivity contribution >= 4 is 11.6 Å². The first-order valence-electron chi connectivity index (χ1n) is 9.18. The molecule has 2 aromatic heterocycles. The topological polar surface area (TPSA) is 96.7 Å². The maximum Gasteiger partial charge on any atom is 0.349 e. The van der Waals surface area contributed by atoms with Crippen LogP contribution in [0, 0.1) is 6.92 Å². The number of ether oxygens (including phenoxy) is 1. The van der Waals surface area contributed by atoms with E-state index < -0.39 is 23.0 Å². The van der Waals surface area contributed by atoms with Gasteiger partial charge in [0.25, 0.3) is 5.56 Å². The number of fused-ring (bicyclic) bond motifs is 1. The van der Waals surface area contributed by atoms with Crippen LogP contribution in [-0.4, -0.2) is 32.3 Å². The lowest BCUT2D eigenvalue weighted by Gasteiger charge is -2.06. The van der Waals surface area contributed by atoms with Crippen LogP contribution < -0.4 is 5.56 Å². The fraction of sp³-hybridized carbons (Fsp3) is 0.136. The number of benzene rings is 2. The number of aromatic hydroxyl groups is 1. The zero-order valence-electron chi connectivity index (χ0n) is 16.0. The Bertz CT molecular complexity index is 1260. The highest BCUT2D eigenvalue weighted by molar-refractivity contribution is 5.94. The van der Waals surface area contributed by atoms with E-state index in [1.54, 1.807) is 6.92 Å². The number of carbonyl (C=O) groups excluding carboxylic acids is 1. The highest BCUT2D eigenvalue weighted by Gasteiger charge is 2.25. The number of carbonyl (C=O) groups is 1. The molecule has 0 amide bonds. The number of aryl methyl sites for hydroxylation is 1. The third-order valence-electron chi connectivity index (χ3n) is 4.63. The molecule has 2 N–H and O–H groups in total. The molecule has 0 saturated carbocycles. The molecule has 0 fully saturated rings. The Morgan fingerprint density at radius 3 is 2.45 bits per heavy atom. The van der Waals surface area contributed by atoms with Crippen molar-refractivity contribution in [2.45, 2.75) is 13.8 Å². The van der Waals surface area contributed by atoms with E-state index >= 15 is 0 Å². The Kier molecular flexibility index (Phi) is 4.64. The molecule has 0 bridgehead atoms. The number of nitrogens with zero attached hydrogens (tertiary/aromatic N) is 2. The maximum absolute atomic E-state index is 13.0. The molecule has 2 aromatic carbocycles. The van der Waals surface area contributed by atoms with Crippen LogP contribution >= 0.6 is 0 Å². The summed E-state index contributed by atoms with van der Waals surface area (Å²) in [5, 5.41) is 14.9. The molecule has 2 heterocycles. The van der Waals surface area contributed by atoms with Crippen molar-refractivity contribution in [2.24, 2.45) is 0 Å². The number of nitrogens with one attached hydrogen (secondary N) is 1. The fourth-order valence-electron chi connectivity index (χ4n) is 3.24. The number of esters is 1. The highest BCUT2D eigenvalue weighted by atomic mass is 16.5. The van der Waals surface area contributed by atoms with Gasteiger partial charge in [-0.3, -0.25) is 4.79 Å². The predicted octanol–water partition coefficient (Wildman–Crippen LogP) is 3.55. The average Bonchev–Trinajstić information content (AvgIpc) is 3.09. The first-order chi connectivity index (χ1) is 14.0. The molecule has 0 aliphatic heterocycles. The summed E-state index contributed by atoms with van der Waals surface area (Å²) in [6.07, 6.45) is 0. The van der Waals surface area contributed by atoms with Gasteiger partial charge in [0, 0.05) is 5.56 Å². The second-order valence-electron chi connectivity index (χ2n) is 6.59. The van der Waals surface area contributed by atoms with Crippen molar-refractivity contribution in [1.82, 2.24) is 14.6 Å². The lowest BCUT2D eigenvalue weighted by Crippen LogP contribution is -2.25. The van der Waals surface area contributed by atoms with Crippen molar-refractivity contribution in [3.8, 4) is 28.3 Å². The summed E-state index contributed by atoms with van der Waals surface area (Å²) in [6.45, 7) is 3.69. The van der Waals surface area contributed by atoms with Crippen LogP contribution in [0.4, 0.5) is 0 Å². The van der Waals surface area contributed by atoms with Gasteiger partial charge in [-0.2, -0.15) is 9.61 Å². The van der Waals surface area contributed by atoms with E-state index in [0.717, 1.165) is 21.2 Å². The monoisotopic (exact) mass is 389 g/mol. The van der Waals surface area contributed by atoms with Gasteiger partial charge in [0.05, 0.1) is 12.2 Å². The Labute approximate surface area is 166 Å². The first kappa shape index (κ1) is 18.5. The van der Waals surface area contributed by atoms with Crippen molar-refractivity contribution in [1.29, 1.82) is 0 Å². The first-order valence-corrected chi connectivity index (χ1v) is 9.18. The summed E-state index contributed by atoms with van der Waals surface area (Å²) in [4.78, 5) is 27.9. The van der Waals surface area contributed by atoms with Gasteiger partial charge in [-0.15, -0.1) is 0 Å². The van der Waals surface area contributed by atoms with Crippen LogP contribution in [0.3, 0.4) is 0 Å². The average molecular weight is 389 g/mol. The van der Waals surface area contributed by atoms with Gasteiger partial charge in [-0.1, -0.05) is 60.2 Å². The Hall–Kier alpha value is -3.87. The number of hydrogen-bond donors (Lipinski definition) is 2. The zero-order chi connectivity index (χ0) is 20.5. The molecule has 0 aliphatic rings. The zero-order valence-corrected chi connectivity index (χ0v) is 16.0. The second kappa shape index (κ2) is 7.27. The van der Waals surface area contributed by atoms with Gasteiger partial charge < -0.3 is 14.8 Å². The highest BCUT2D eigenvalue weighted by Crippen LogP contribution is 2.34. The normalized spacial score (nSPS) is 11.0. The molecule has 7 nitrogen and oxygen atoms in total. The van der Waals surface area contributed by atoms with E-state index in [4.69, 9.17) is 4.74 Å². The second-order valence-corrected chi connectivity index (χ2v) is 6.59. The predicted molar refractivity (Wildman–Crippen MR) is 109 cm³/mol. The largest absolute Gasteiger partial charge is 0.494 e. The van der Waals surface area contributed by atoms with Crippen LogP contribution in [0.15, 0.2) is 59.4 Å². The minimum Gasteiger partial charge on any atom is -0.494 e. The lowest BCUT2D eigenvalue weighted by molar-refractivity contribution is 0.0519. The molecule has 0 spiro atoms. The van der Waals surface area contributed by atoms with E-state index in [2.05, 4.69) is 10.1 Å². The van der Waals surface area contributed by atoms with Gasteiger partial charge in [0.2, 0.25) is 5.88 Å². The third-order valence-corrected chi connectivity index (χ3v) is 4.63. The molecule has 0 aliphatic carbocycles. The molecule has 0 radical (unpaired) electrons. The van der Waals surface area contributed by atoms with Crippen molar-refractivity contribution in [3.63, 3.8) is 0 Å². The van der Waals surface area contributed by atoms with Crippen LogP contribution in [-0.2, 0) is 4.74 Å². The van der Waals surface area contributed by atoms with E-state index in [1.165, 1.54) is 0 Å². The SMILES string of the molecule is CCOC(=O)c1c(O)[nH]c2c(-c3ccc(C)cc3)c(-c3ccccc3)nn2c1=O. The summed E-state index contributed by atoms with van der Waals surface area (Å²) >= 11 is 0. The minimum absolute atomic E-state index is 0.0821. The third kappa shape index (κ3) is 3.16. The van der Waals surface area contributed by atoms with Gasteiger partial charge >= 0.3 is 5.97 Å². The molecule has 0 atom stereocenters. The minimum atomic E-state index is -0.901. The molecule has 4 aromatic rings. The smallest absolute Gasteiger partial charge is 0.349 e. The number of rotatable bonds is 4. The van der Waals surface area contributed by atoms with E-state index in [1.807, 2.05) is 61.5 Å². The summed E-state index contributed by atoms with van der Waals surface area (Å²) < 4.78 is 6.00. The summed E-state index contributed by atoms with van der Waals surface area (Å²) in [7, 11) is 0. The Morgan fingerprint density at radius 2 is 1.79 bits per heavy atom. The number of hydrogen-bond acceptors (Lipinski definition) is 5. The van der Waals surface area contributed by atoms with Gasteiger partial charge in [-0.05, 0) is 19.4 Å². The number of aromatic amines is 1. The van der Waals surface area contributed by atoms with Crippen LogP contribution in [0.1, 0.15) is 22.8 Å². The lowest BCUT2D eigenvalue weighted by atomic mass is 10.0. The van der Waals surface area contributed by atoms with Gasteiger partial charge in [-0.25, -0.2) is 4.79 Å². The molecule has 146 valence electrons. The Balaban J connectivity index is 2.07.